The van der Waals surface area contributed by atoms with Gasteiger partial charge in [-0.25, -0.2) is 8.42 Å². The summed E-state index contributed by atoms with van der Waals surface area (Å²) in [6.45, 7) is 4.66. The summed E-state index contributed by atoms with van der Waals surface area (Å²) in [4.78, 5) is 0. The van der Waals surface area contributed by atoms with Crippen molar-refractivity contribution in [1.82, 2.24) is 14.8 Å². The summed E-state index contributed by atoms with van der Waals surface area (Å²) in [5.41, 5.74) is 2.30. The fourth-order valence-corrected chi connectivity index (χ4v) is 5.43. The van der Waals surface area contributed by atoms with Crippen LogP contribution in [0.15, 0.2) is 23.4 Å². The highest BCUT2D eigenvalue weighted by Crippen LogP contribution is 2.29. The Kier molecular flexibility index (Phi) is 5.38. The van der Waals surface area contributed by atoms with Crippen molar-refractivity contribution in [3.8, 4) is 5.75 Å². The second kappa shape index (κ2) is 7.37. The quantitative estimate of drug-likeness (QED) is 0.565. The highest BCUT2D eigenvalue weighted by molar-refractivity contribution is 7.99. The van der Waals surface area contributed by atoms with Gasteiger partial charge in [0.05, 0.1) is 18.1 Å². The maximum Gasteiger partial charge on any atom is 0.191 e. The van der Waals surface area contributed by atoms with Crippen LogP contribution < -0.4 is 4.74 Å². The monoisotopic (exact) mass is 381 g/mol. The maximum absolute atomic E-state index is 11.7. The third kappa shape index (κ3) is 4.36. The van der Waals surface area contributed by atoms with Crippen molar-refractivity contribution in [2.75, 3.05) is 23.9 Å². The van der Waals surface area contributed by atoms with Crippen LogP contribution in [0.4, 0.5) is 0 Å². The van der Waals surface area contributed by atoms with Crippen LogP contribution >= 0.6 is 11.8 Å². The third-order valence-electron chi connectivity index (χ3n) is 4.38. The first-order chi connectivity index (χ1) is 11.9. The van der Waals surface area contributed by atoms with Crippen LogP contribution in [0.2, 0.25) is 0 Å². The molecule has 0 spiro atoms. The number of sulfone groups is 1. The fourth-order valence-electron chi connectivity index (χ4n) is 2.95. The van der Waals surface area contributed by atoms with Gasteiger partial charge in [-0.3, -0.25) is 0 Å². The Morgan fingerprint density at radius 3 is 2.84 bits per heavy atom. The molecule has 136 valence electrons. The molecule has 1 aliphatic rings. The maximum atomic E-state index is 11.7. The van der Waals surface area contributed by atoms with E-state index < -0.39 is 9.84 Å². The van der Waals surface area contributed by atoms with Crippen LogP contribution in [0.1, 0.15) is 29.3 Å². The second-order valence-corrected chi connectivity index (χ2v) is 9.76. The van der Waals surface area contributed by atoms with Crippen molar-refractivity contribution in [3.05, 3.63) is 35.2 Å². The van der Waals surface area contributed by atoms with Gasteiger partial charge in [-0.1, -0.05) is 23.9 Å². The SMILES string of the molecule is Cc1ccc(C)c(OCCSc2nnc([C@@H]3CCS(=O)(=O)C3)n2C)c1. The van der Waals surface area contributed by atoms with E-state index in [1.807, 2.05) is 31.5 Å². The number of benzene rings is 1. The molecule has 0 saturated carbocycles. The minimum Gasteiger partial charge on any atom is -0.492 e. The largest absolute Gasteiger partial charge is 0.492 e. The van der Waals surface area contributed by atoms with Gasteiger partial charge < -0.3 is 9.30 Å². The summed E-state index contributed by atoms with van der Waals surface area (Å²) >= 11 is 1.57. The molecule has 1 aromatic carbocycles. The zero-order chi connectivity index (χ0) is 18.0. The fraction of sp³-hybridized carbons (Fsp3) is 0.529. The van der Waals surface area contributed by atoms with Gasteiger partial charge in [0.2, 0.25) is 0 Å². The van der Waals surface area contributed by atoms with Gasteiger partial charge in [0.1, 0.15) is 11.6 Å². The van der Waals surface area contributed by atoms with Crippen LogP contribution in [0.3, 0.4) is 0 Å². The predicted molar refractivity (Wildman–Crippen MR) is 99.1 cm³/mol. The van der Waals surface area contributed by atoms with Gasteiger partial charge in [0.15, 0.2) is 15.0 Å². The Bertz CT molecular complexity index is 862. The number of thioether (sulfide) groups is 1. The summed E-state index contributed by atoms with van der Waals surface area (Å²) in [5, 5.41) is 9.22. The molecular weight excluding hydrogens is 358 g/mol. The van der Waals surface area contributed by atoms with Crippen molar-refractivity contribution in [2.24, 2.45) is 7.05 Å². The average molecular weight is 382 g/mol. The molecule has 8 heteroatoms. The molecule has 6 nitrogen and oxygen atoms in total. The molecule has 1 fully saturated rings. The normalized spacial score (nSPS) is 19.2. The summed E-state index contributed by atoms with van der Waals surface area (Å²) < 4.78 is 31.1. The predicted octanol–water partition coefficient (Wildman–Crippen LogP) is 2.51. The van der Waals surface area contributed by atoms with E-state index in [-0.39, 0.29) is 17.4 Å². The number of ether oxygens (including phenoxy) is 1. The Balaban J connectivity index is 1.55. The Hall–Kier alpha value is -1.54. The molecule has 2 heterocycles. The second-order valence-electron chi connectivity index (χ2n) is 6.47. The smallest absolute Gasteiger partial charge is 0.191 e. The minimum absolute atomic E-state index is 0.0388. The molecule has 0 bridgehead atoms. The van der Waals surface area contributed by atoms with Crippen LogP contribution in [0.5, 0.6) is 5.75 Å². The Morgan fingerprint density at radius 1 is 1.32 bits per heavy atom. The van der Waals surface area contributed by atoms with Crippen molar-refractivity contribution >= 4 is 21.6 Å². The first-order valence-corrected chi connectivity index (χ1v) is 11.1. The zero-order valence-electron chi connectivity index (χ0n) is 14.7. The lowest BCUT2D eigenvalue weighted by Crippen LogP contribution is -2.09. The Morgan fingerprint density at radius 2 is 2.12 bits per heavy atom. The molecule has 3 rings (SSSR count). The lowest BCUT2D eigenvalue weighted by Gasteiger charge is -2.10. The molecule has 1 saturated heterocycles. The number of hydrogen-bond donors (Lipinski definition) is 0. The molecule has 2 aromatic rings. The summed E-state index contributed by atoms with van der Waals surface area (Å²) in [7, 11) is -1.02. The number of aryl methyl sites for hydroxylation is 2. The average Bonchev–Trinajstić information content (AvgIpc) is 3.09. The summed E-state index contributed by atoms with van der Waals surface area (Å²) in [6, 6.07) is 6.17. The van der Waals surface area contributed by atoms with Crippen molar-refractivity contribution < 1.29 is 13.2 Å². The van der Waals surface area contributed by atoms with E-state index in [9.17, 15) is 8.42 Å². The van der Waals surface area contributed by atoms with Crippen molar-refractivity contribution in [3.63, 3.8) is 0 Å². The third-order valence-corrected chi connectivity index (χ3v) is 7.13. The van der Waals surface area contributed by atoms with Gasteiger partial charge in [0, 0.05) is 18.7 Å². The van der Waals surface area contributed by atoms with Crippen molar-refractivity contribution in [1.29, 1.82) is 0 Å². The number of rotatable bonds is 6. The molecular formula is C17H23N3O3S2. The molecule has 1 aromatic heterocycles. The molecule has 1 aliphatic heterocycles. The van der Waals surface area contributed by atoms with Gasteiger partial charge in [-0.05, 0) is 37.5 Å². The molecule has 0 N–H and O–H groups in total. The first kappa shape index (κ1) is 18.3. The highest BCUT2D eigenvalue weighted by Gasteiger charge is 2.32. The van der Waals surface area contributed by atoms with Gasteiger partial charge in [0.25, 0.3) is 0 Å². The summed E-state index contributed by atoms with van der Waals surface area (Å²) in [6.07, 6.45) is 0.634. The number of aromatic nitrogens is 3. The molecule has 1 atom stereocenters. The van der Waals surface area contributed by atoms with Gasteiger partial charge >= 0.3 is 0 Å². The van der Waals surface area contributed by atoms with Crippen LogP contribution in [0, 0.1) is 13.8 Å². The van der Waals surface area contributed by atoms with Gasteiger partial charge in [-0.2, -0.15) is 0 Å². The summed E-state index contributed by atoms with van der Waals surface area (Å²) in [5.74, 6) is 2.82. The molecule has 0 unspecified atom stereocenters. The van der Waals surface area contributed by atoms with E-state index in [1.54, 1.807) is 11.8 Å². The number of nitrogens with zero attached hydrogens (tertiary/aromatic N) is 3. The molecule has 0 aliphatic carbocycles. The van der Waals surface area contributed by atoms with Crippen LogP contribution in [-0.4, -0.2) is 47.0 Å². The lowest BCUT2D eigenvalue weighted by atomic mass is 10.1. The van der Waals surface area contributed by atoms with E-state index in [1.165, 1.54) is 5.56 Å². The Labute approximate surface area is 152 Å². The van der Waals surface area contributed by atoms with E-state index in [0.717, 1.165) is 28.0 Å². The molecule has 0 radical (unpaired) electrons. The number of hydrogen-bond acceptors (Lipinski definition) is 6. The van der Waals surface area contributed by atoms with Crippen LogP contribution in [0.25, 0.3) is 0 Å². The first-order valence-electron chi connectivity index (χ1n) is 8.28. The lowest BCUT2D eigenvalue weighted by molar-refractivity contribution is 0.341. The van der Waals surface area contributed by atoms with Crippen molar-refractivity contribution in [2.45, 2.75) is 31.3 Å². The van der Waals surface area contributed by atoms with E-state index >= 15 is 0 Å². The van der Waals surface area contributed by atoms with E-state index in [0.29, 0.717) is 13.0 Å². The van der Waals surface area contributed by atoms with Crippen LogP contribution in [-0.2, 0) is 16.9 Å². The molecule has 25 heavy (non-hydrogen) atoms. The van der Waals surface area contributed by atoms with E-state index in [4.69, 9.17) is 4.74 Å². The highest BCUT2D eigenvalue weighted by atomic mass is 32.2. The van der Waals surface area contributed by atoms with Gasteiger partial charge in [-0.15, -0.1) is 10.2 Å². The minimum atomic E-state index is -2.92. The van der Waals surface area contributed by atoms with E-state index in [2.05, 4.69) is 22.3 Å². The topological polar surface area (TPSA) is 74.1 Å². The molecule has 0 amide bonds. The zero-order valence-corrected chi connectivity index (χ0v) is 16.4. The standard InChI is InChI=1S/C17H23N3O3S2/c1-12-4-5-13(2)15(10-12)23-7-8-24-17-19-18-16(20(17)3)14-6-9-25(21,22)11-14/h4-5,10,14H,6-9,11H2,1-3H3/t14-/m1/s1.